The van der Waals surface area contributed by atoms with E-state index in [-0.39, 0.29) is 29.8 Å². The molecule has 2 aliphatic rings. The summed E-state index contributed by atoms with van der Waals surface area (Å²) in [7, 11) is 3.71. The molecule has 1 aromatic carbocycles. The molecule has 142 valence electrons. The standard InChI is InChI=1S/C20H29N3O3/c1-23-12-10-15(11-13-23)21-20(25)17-4-3-5-18(17)22-19(24)14-6-8-16(26-2)9-7-14/h6-9,15,17-18H,3-5,10-13H2,1-2H3,(H,21,25)(H,22,24)/t17-,18+/m0/s1. The minimum absolute atomic E-state index is 0.0872. The first-order chi connectivity index (χ1) is 12.6. The summed E-state index contributed by atoms with van der Waals surface area (Å²) in [4.78, 5) is 27.5. The quantitative estimate of drug-likeness (QED) is 0.841. The number of carbonyl (C=O) groups is 2. The molecule has 0 bridgehead atoms. The average Bonchev–Trinajstić information content (AvgIpc) is 3.12. The number of likely N-dealkylation sites (tertiary alicyclic amines) is 1. The Balaban J connectivity index is 1.55. The summed E-state index contributed by atoms with van der Waals surface area (Å²) in [6, 6.07) is 7.21. The van der Waals surface area contributed by atoms with Gasteiger partial charge in [0.25, 0.3) is 5.91 Å². The highest BCUT2D eigenvalue weighted by Crippen LogP contribution is 2.27. The highest BCUT2D eigenvalue weighted by Gasteiger charge is 2.35. The Morgan fingerprint density at radius 1 is 1.04 bits per heavy atom. The molecule has 2 atom stereocenters. The molecular formula is C20H29N3O3. The van der Waals surface area contributed by atoms with Crippen molar-refractivity contribution in [2.45, 2.75) is 44.2 Å². The highest BCUT2D eigenvalue weighted by molar-refractivity contribution is 5.95. The van der Waals surface area contributed by atoms with Crippen molar-refractivity contribution >= 4 is 11.8 Å². The van der Waals surface area contributed by atoms with Crippen LogP contribution in [0.15, 0.2) is 24.3 Å². The van der Waals surface area contributed by atoms with Gasteiger partial charge in [-0.15, -0.1) is 0 Å². The van der Waals surface area contributed by atoms with Crippen LogP contribution in [-0.2, 0) is 4.79 Å². The first-order valence-electron chi connectivity index (χ1n) is 9.50. The number of piperidine rings is 1. The third-order valence-corrected chi connectivity index (χ3v) is 5.59. The largest absolute Gasteiger partial charge is 0.497 e. The fourth-order valence-corrected chi connectivity index (χ4v) is 3.90. The van der Waals surface area contributed by atoms with Crippen molar-refractivity contribution in [3.63, 3.8) is 0 Å². The van der Waals surface area contributed by atoms with E-state index >= 15 is 0 Å². The van der Waals surface area contributed by atoms with E-state index in [0.717, 1.165) is 50.9 Å². The SMILES string of the molecule is COc1ccc(C(=O)N[C@@H]2CCC[C@@H]2C(=O)NC2CCN(C)CC2)cc1. The van der Waals surface area contributed by atoms with Gasteiger partial charge in [-0.05, 0) is 70.1 Å². The maximum atomic E-state index is 12.7. The van der Waals surface area contributed by atoms with Crippen LogP contribution in [0.4, 0.5) is 0 Å². The fraction of sp³-hybridized carbons (Fsp3) is 0.600. The normalized spacial score (nSPS) is 24.2. The Bertz CT molecular complexity index is 624. The molecule has 6 nitrogen and oxygen atoms in total. The summed E-state index contributed by atoms with van der Waals surface area (Å²) in [5.41, 5.74) is 0.590. The average molecular weight is 359 g/mol. The summed E-state index contributed by atoms with van der Waals surface area (Å²) in [6.45, 7) is 2.04. The van der Waals surface area contributed by atoms with Gasteiger partial charge in [0.2, 0.25) is 5.91 Å². The van der Waals surface area contributed by atoms with Crippen LogP contribution in [0.2, 0.25) is 0 Å². The Morgan fingerprint density at radius 2 is 1.73 bits per heavy atom. The smallest absolute Gasteiger partial charge is 0.251 e. The molecule has 2 amide bonds. The summed E-state index contributed by atoms with van der Waals surface area (Å²) in [5, 5.41) is 6.27. The second-order valence-electron chi connectivity index (χ2n) is 7.43. The molecular weight excluding hydrogens is 330 g/mol. The van der Waals surface area contributed by atoms with Gasteiger partial charge in [-0.25, -0.2) is 0 Å². The lowest BCUT2D eigenvalue weighted by Crippen LogP contribution is -2.49. The Kier molecular flexibility index (Phi) is 6.14. The second-order valence-corrected chi connectivity index (χ2v) is 7.43. The number of amides is 2. The number of hydrogen-bond acceptors (Lipinski definition) is 4. The minimum Gasteiger partial charge on any atom is -0.497 e. The zero-order chi connectivity index (χ0) is 18.5. The molecule has 1 saturated carbocycles. The predicted octanol–water partition coefficient (Wildman–Crippen LogP) is 1.80. The van der Waals surface area contributed by atoms with Gasteiger partial charge >= 0.3 is 0 Å². The van der Waals surface area contributed by atoms with Gasteiger partial charge in [-0.1, -0.05) is 6.42 Å². The van der Waals surface area contributed by atoms with E-state index in [1.165, 1.54) is 0 Å². The molecule has 26 heavy (non-hydrogen) atoms. The summed E-state index contributed by atoms with van der Waals surface area (Å²) in [5.74, 6) is 0.559. The third kappa shape index (κ3) is 4.55. The number of nitrogens with one attached hydrogen (secondary N) is 2. The van der Waals surface area contributed by atoms with Crippen molar-refractivity contribution in [2.24, 2.45) is 5.92 Å². The predicted molar refractivity (Wildman–Crippen MR) is 100 cm³/mol. The molecule has 2 fully saturated rings. The molecule has 3 rings (SSSR count). The number of carbonyl (C=O) groups excluding carboxylic acids is 2. The van der Waals surface area contributed by atoms with E-state index in [1.807, 2.05) is 0 Å². The van der Waals surface area contributed by atoms with E-state index in [0.29, 0.717) is 5.56 Å². The van der Waals surface area contributed by atoms with E-state index in [1.54, 1.807) is 31.4 Å². The van der Waals surface area contributed by atoms with Crippen molar-refractivity contribution < 1.29 is 14.3 Å². The minimum atomic E-state index is -0.128. The number of nitrogens with zero attached hydrogens (tertiary/aromatic N) is 1. The Hall–Kier alpha value is -2.08. The van der Waals surface area contributed by atoms with Gasteiger partial charge in [0.05, 0.1) is 13.0 Å². The van der Waals surface area contributed by atoms with E-state index in [9.17, 15) is 9.59 Å². The third-order valence-electron chi connectivity index (χ3n) is 5.59. The molecule has 6 heteroatoms. The van der Waals surface area contributed by atoms with Gasteiger partial charge in [0.15, 0.2) is 0 Å². The molecule has 1 aromatic rings. The van der Waals surface area contributed by atoms with Crippen LogP contribution in [0.1, 0.15) is 42.5 Å². The van der Waals surface area contributed by atoms with Gasteiger partial charge in [0.1, 0.15) is 5.75 Å². The molecule has 0 radical (unpaired) electrons. The monoisotopic (exact) mass is 359 g/mol. The van der Waals surface area contributed by atoms with Crippen molar-refractivity contribution in [3.05, 3.63) is 29.8 Å². The van der Waals surface area contributed by atoms with Gasteiger partial charge < -0.3 is 20.3 Å². The van der Waals surface area contributed by atoms with Crippen LogP contribution in [0.3, 0.4) is 0 Å². The molecule has 1 aliphatic heterocycles. The van der Waals surface area contributed by atoms with E-state index in [2.05, 4.69) is 22.6 Å². The van der Waals surface area contributed by atoms with E-state index in [4.69, 9.17) is 4.74 Å². The Morgan fingerprint density at radius 3 is 2.38 bits per heavy atom. The van der Waals surface area contributed by atoms with Gasteiger partial charge in [0, 0.05) is 17.6 Å². The summed E-state index contributed by atoms with van der Waals surface area (Å²) in [6.07, 6.45) is 4.66. The molecule has 2 N–H and O–H groups in total. The second kappa shape index (κ2) is 8.54. The highest BCUT2D eigenvalue weighted by atomic mass is 16.5. The maximum Gasteiger partial charge on any atom is 0.251 e. The van der Waals surface area contributed by atoms with Crippen LogP contribution < -0.4 is 15.4 Å². The fourth-order valence-electron chi connectivity index (χ4n) is 3.90. The van der Waals surface area contributed by atoms with Crippen molar-refractivity contribution in [1.82, 2.24) is 15.5 Å². The topological polar surface area (TPSA) is 70.7 Å². The lowest BCUT2D eigenvalue weighted by atomic mass is 9.99. The van der Waals surface area contributed by atoms with Crippen LogP contribution in [0.25, 0.3) is 0 Å². The van der Waals surface area contributed by atoms with Crippen molar-refractivity contribution in [1.29, 1.82) is 0 Å². The Labute approximate surface area is 155 Å². The van der Waals surface area contributed by atoms with Gasteiger partial charge in [-0.2, -0.15) is 0 Å². The number of methoxy groups -OCH3 is 1. The van der Waals surface area contributed by atoms with E-state index < -0.39 is 0 Å². The van der Waals surface area contributed by atoms with Crippen LogP contribution in [-0.4, -0.2) is 56.0 Å². The zero-order valence-electron chi connectivity index (χ0n) is 15.7. The zero-order valence-corrected chi connectivity index (χ0v) is 15.7. The lowest BCUT2D eigenvalue weighted by Gasteiger charge is -2.31. The molecule has 0 unspecified atom stereocenters. The number of benzene rings is 1. The van der Waals surface area contributed by atoms with Crippen LogP contribution in [0.5, 0.6) is 5.75 Å². The molecule has 0 aromatic heterocycles. The number of hydrogen-bond donors (Lipinski definition) is 2. The number of rotatable bonds is 5. The molecule has 0 spiro atoms. The summed E-state index contributed by atoms with van der Waals surface area (Å²) >= 11 is 0. The van der Waals surface area contributed by atoms with Crippen molar-refractivity contribution in [2.75, 3.05) is 27.2 Å². The molecule has 1 aliphatic carbocycles. The number of ether oxygens (including phenoxy) is 1. The van der Waals surface area contributed by atoms with Crippen LogP contribution in [0, 0.1) is 5.92 Å². The van der Waals surface area contributed by atoms with Crippen molar-refractivity contribution in [3.8, 4) is 5.75 Å². The molecule has 1 saturated heterocycles. The summed E-state index contributed by atoms with van der Waals surface area (Å²) < 4.78 is 5.12. The molecule has 1 heterocycles. The first-order valence-corrected chi connectivity index (χ1v) is 9.50. The lowest BCUT2D eigenvalue weighted by molar-refractivity contribution is -0.126. The van der Waals surface area contributed by atoms with Crippen LogP contribution >= 0.6 is 0 Å². The first kappa shape index (κ1) is 18.7. The van der Waals surface area contributed by atoms with Gasteiger partial charge in [-0.3, -0.25) is 9.59 Å². The maximum absolute atomic E-state index is 12.7.